The largest absolute Gasteiger partial charge is 0.462 e. The van der Waals surface area contributed by atoms with Crippen molar-refractivity contribution in [3.63, 3.8) is 0 Å². The number of aromatic nitrogens is 2. The van der Waals surface area contributed by atoms with E-state index in [4.69, 9.17) is 4.74 Å². The van der Waals surface area contributed by atoms with Gasteiger partial charge in [-0.2, -0.15) is 0 Å². The molecule has 0 bridgehead atoms. The van der Waals surface area contributed by atoms with E-state index in [0.29, 0.717) is 28.7 Å². The van der Waals surface area contributed by atoms with E-state index in [0.717, 1.165) is 11.2 Å². The van der Waals surface area contributed by atoms with Gasteiger partial charge in [-0.3, -0.25) is 14.4 Å². The molecular weight excluding hydrogens is 422 g/mol. The third-order valence-electron chi connectivity index (χ3n) is 5.53. The minimum Gasteiger partial charge on any atom is -0.462 e. The van der Waals surface area contributed by atoms with E-state index < -0.39 is 17.3 Å². The van der Waals surface area contributed by atoms with Crippen LogP contribution >= 0.6 is 0 Å². The normalized spacial score (nSPS) is 11.0. The van der Waals surface area contributed by atoms with Crippen molar-refractivity contribution in [3.8, 4) is 0 Å². The average molecular weight is 445 g/mol. The average Bonchev–Trinajstić information content (AvgIpc) is 2.80. The molecule has 33 heavy (non-hydrogen) atoms. The summed E-state index contributed by atoms with van der Waals surface area (Å²) >= 11 is 0. The Hall–Kier alpha value is -4.20. The van der Waals surface area contributed by atoms with Crippen molar-refractivity contribution in [2.75, 3.05) is 11.9 Å². The third kappa shape index (κ3) is 4.03. The van der Waals surface area contributed by atoms with Gasteiger partial charge in [0.25, 0.3) is 5.91 Å². The van der Waals surface area contributed by atoms with E-state index >= 15 is 0 Å². The van der Waals surface area contributed by atoms with Crippen molar-refractivity contribution in [1.29, 1.82) is 0 Å². The van der Waals surface area contributed by atoms with Crippen LogP contribution < -0.4 is 16.2 Å². The predicted molar refractivity (Wildman–Crippen MR) is 127 cm³/mol. The topological polar surface area (TPSA) is 110 Å². The number of benzene rings is 2. The van der Waals surface area contributed by atoms with Crippen molar-refractivity contribution in [3.05, 3.63) is 85.9 Å². The molecule has 0 atom stereocenters. The summed E-state index contributed by atoms with van der Waals surface area (Å²) in [6, 6.07) is 11.4. The molecule has 2 N–H and O–H groups in total. The molecule has 168 valence electrons. The molecule has 8 nitrogen and oxygen atoms in total. The smallest absolute Gasteiger partial charge is 0.343 e. The van der Waals surface area contributed by atoms with Gasteiger partial charge in [0.05, 0.1) is 12.1 Å². The van der Waals surface area contributed by atoms with Gasteiger partial charge in [-0.15, -0.1) is 0 Å². The standard InChI is InChI=1S/C25H23N3O5/c1-4-28-14(3)10-22(29)18-11-15(6-9-21(18)28)24(31)27-16-7-8-20-17(12-16)23(30)19(13-26-20)25(32)33-5-2/h6-13H,4-5H2,1-3H3,(H,26,30)(H,27,31). The van der Waals surface area contributed by atoms with Crippen LogP contribution in [0.3, 0.4) is 0 Å². The first-order chi connectivity index (χ1) is 15.8. The molecule has 0 radical (unpaired) electrons. The predicted octanol–water partition coefficient (Wildman–Crippen LogP) is 3.60. The molecule has 0 aliphatic carbocycles. The number of nitrogens with one attached hydrogen (secondary N) is 2. The summed E-state index contributed by atoms with van der Waals surface area (Å²) < 4.78 is 6.93. The lowest BCUT2D eigenvalue weighted by molar-refractivity contribution is 0.0524. The van der Waals surface area contributed by atoms with Crippen molar-refractivity contribution < 1.29 is 14.3 Å². The van der Waals surface area contributed by atoms with Crippen LogP contribution in [-0.4, -0.2) is 28.0 Å². The van der Waals surface area contributed by atoms with E-state index in [9.17, 15) is 19.2 Å². The number of esters is 1. The highest BCUT2D eigenvalue weighted by atomic mass is 16.5. The Morgan fingerprint density at radius 1 is 1.03 bits per heavy atom. The Labute approximate surface area is 188 Å². The van der Waals surface area contributed by atoms with Gasteiger partial charge in [0.15, 0.2) is 5.43 Å². The summed E-state index contributed by atoms with van der Waals surface area (Å²) in [7, 11) is 0. The van der Waals surface area contributed by atoms with Crippen LogP contribution in [0.1, 0.15) is 40.3 Å². The first-order valence-electron chi connectivity index (χ1n) is 10.6. The summed E-state index contributed by atoms with van der Waals surface area (Å²) in [6.07, 6.45) is 1.32. The number of nitrogens with zero attached hydrogens (tertiary/aromatic N) is 1. The molecule has 2 aromatic heterocycles. The number of hydrogen-bond acceptors (Lipinski definition) is 5. The molecule has 1 amide bonds. The molecule has 2 heterocycles. The molecule has 0 aliphatic heterocycles. The Morgan fingerprint density at radius 3 is 2.55 bits per heavy atom. The van der Waals surface area contributed by atoms with Crippen molar-refractivity contribution in [2.24, 2.45) is 0 Å². The van der Waals surface area contributed by atoms with E-state index in [1.807, 2.05) is 18.4 Å². The maximum atomic E-state index is 12.9. The summed E-state index contributed by atoms with van der Waals surface area (Å²) in [6.45, 7) is 6.38. The highest BCUT2D eigenvalue weighted by molar-refractivity contribution is 6.07. The number of ether oxygens (including phenoxy) is 1. The highest BCUT2D eigenvalue weighted by Gasteiger charge is 2.15. The first-order valence-corrected chi connectivity index (χ1v) is 10.6. The number of aromatic amines is 1. The van der Waals surface area contributed by atoms with Gasteiger partial charge in [-0.25, -0.2) is 4.79 Å². The Bertz CT molecular complexity index is 1530. The van der Waals surface area contributed by atoms with Crippen molar-refractivity contribution >= 4 is 39.4 Å². The lowest BCUT2D eigenvalue weighted by atomic mass is 10.1. The minimum atomic E-state index is -0.709. The first kappa shape index (κ1) is 22.0. The highest BCUT2D eigenvalue weighted by Crippen LogP contribution is 2.19. The van der Waals surface area contributed by atoms with Gasteiger partial charge in [0, 0.05) is 52.0 Å². The second-order valence-corrected chi connectivity index (χ2v) is 7.59. The van der Waals surface area contributed by atoms with Crippen LogP contribution in [0.5, 0.6) is 0 Å². The number of fused-ring (bicyclic) bond motifs is 2. The number of carbonyl (C=O) groups is 2. The molecule has 0 saturated heterocycles. The molecule has 0 saturated carbocycles. The molecule has 0 spiro atoms. The fourth-order valence-electron chi connectivity index (χ4n) is 3.93. The van der Waals surface area contributed by atoms with Crippen molar-refractivity contribution in [2.45, 2.75) is 27.3 Å². The Kier molecular flexibility index (Phi) is 5.83. The zero-order valence-corrected chi connectivity index (χ0v) is 18.5. The number of anilines is 1. The van der Waals surface area contributed by atoms with Crippen LogP contribution in [0.2, 0.25) is 0 Å². The lowest BCUT2D eigenvalue weighted by Gasteiger charge is -2.13. The number of pyridine rings is 2. The number of aryl methyl sites for hydroxylation is 2. The van der Waals surface area contributed by atoms with Crippen molar-refractivity contribution in [1.82, 2.24) is 9.55 Å². The van der Waals surface area contributed by atoms with E-state index in [1.54, 1.807) is 43.3 Å². The summed E-state index contributed by atoms with van der Waals surface area (Å²) in [4.78, 5) is 53.1. The molecule has 0 unspecified atom stereocenters. The molecule has 0 aliphatic rings. The number of rotatable bonds is 5. The van der Waals surface area contributed by atoms with Gasteiger partial charge in [0.2, 0.25) is 5.43 Å². The number of carbonyl (C=O) groups excluding carboxylic acids is 2. The van der Waals surface area contributed by atoms with Crippen LogP contribution in [0.4, 0.5) is 5.69 Å². The van der Waals surface area contributed by atoms with Gasteiger partial charge in [-0.1, -0.05) is 0 Å². The molecular formula is C25H23N3O5. The van der Waals surface area contributed by atoms with Crippen LogP contribution in [0.25, 0.3) is 21.8 Å². The Balaban J connectivity index is 1.69. The maximum absolute atomic E-state index is 12.9. The fourth-order valence-corrected chi connectivity index (χ4v) is 3.93. The van der Waals surface area contributed by atoms with Crippen LogP contribution in [0, 0.1) is 6.92 Å². The second kappa shape index (κ2) is 8.74. The number of H-pyrrole nitrogens is 1. The minimum absolute atomic E-state index is 0.107. The molecule has 4 rings (SSSR count). The maximum Gasteiger partial charge on any atom is 0.343 e. The van der Waals surface area contributed by atoms with Gasteiger partial charge < -0.3 is 19.6 Å². The van der Waals surface area contributed by atoms with E-state index in [1.165, 1.54) is 12.3 Å². The molecule has 0 fully saturated rings. The van der Waals surface area contributed by atoms with Crippen LogP contribution in [0.15, 0.2) is 58.3 Å². The van der Waals surface area contributed by atoms with Gasteiger partial charge in [0.1, 0.15) is 5.56 Å². The van der Waals surface area contributed by atoms with Crippen LogP contribution in [-0.2, 0) is 11.3 Å². The zero-order valence-electron chi connectivity index (χ0n) is 18.5. The number of hydrogen-bond donors (Lipinski definition) is 2. The lowest BCUT2D eigenvalue weighted by Crippen LogP contribution is -2.18. The third-order valence-corrected chi connectivity index (χ3v) is 5.53. The summed E-state index contributed by atoms with van der Waals surface area (Å²) in [5, 5.41) is 3.47. The Morgan fingerprint density at radius 2 is 1.82 bits per heavy atom. The summed E-state index contributed by atoms with van der Waals surface area (Å²) in [5.74, 6) is -1.13. The van der Waals surface area contributed by atoms with E-state index in [2.05, 4.69) is 10.3 Å². The molecule has 4 aromatic rings. The molecule has 8 heteroatoms. The molecule has 2 aromatic carbocycles. The zero-order chi connectivity index (χ0) is 23.7. The SMILES string of the molecule is CCOC(=O)c1c[nH]c2ccc(NC(=O)c3ccc4c(c3)c(=O)cc(C)n4CC)cc2c1=O. The van der Waals surface area contributed by atoms with E-state index in [-0.39, 0.29) is 23.0 Å². The summed E-state index contributed by atoms with van der Waals surface area (Å²) in [5.41, 5.74) is 2.11. The second-order valence-electron chi connectivity index (χ2n) is 7.59. The van der Waals surface area contributed by atoms with Gasteiger partial charge >= 0.3 is 5.97 Å². The van der Waals surface area contributed by atoms with Gasteiger partial charge in [-0.05, 0) is 57.2 Å². The monoisotopic (exact) mass is 445 g/mol. The number of amides is 1. The quantitative estimate of drug-likeness (QED) is 0.456. The fraction of sp³-hybridized carbons (Fsp3) is 0.200.